The number of hydrogen-bond acceptors (Lipinski definition) is 6. The van der Waals surface area contributed by atoms with Crippen molar-refractivity contribution in [2.75, 3.05) is 13.1 Å². The monoisotopic (exact) mass is 464 g/mol. The minimum Gasteiger partial charge on any atom is -0.426 e. The lowest BCUT2D eigenvalue weighted by Gasteiger charge is -2.15. The third-order valence-corrected chi connectivity index (χ3v) is 7.37. The van der Waals surface area contributed by atoms with Crippen molar-refractivity contribution in [2.45, 2.75) is 37.6 Å². The van der Waals surface area contributed by atoms with Crippen molar-refractivity contribution in [2.24, 2.45) is 0 Å². The Hall–Kier alpha value is -2.62. The molecule has 0 aliphatic carbocycles. The first-order chi connectivity index (χ1) is 14.8. The van der Waals surface area contributed by atoms with E-state index in [1.165, 1.54) is 27.1 Å². The molecular formula is C21H21ClN2O6S. The van der Waals surface area contributed by atoms with Gasteiger partial charge in [-0.1, -0.05) is 11.6 Å². The molecular weight excluding hydrogens is 444 g/mol. The topological polar surface area (TPSA) is 98.8 Å². The van der Waals surface area contributed by atoms with Gasteiger partial charge in [0, 0.05) is 30.7 Å². The maximum absolute atomic E-state index is 12.7. The van der Waals surface area contributed by atoms with Crippen LogP contribution < -0.4 is 10.5 Å². The lowest BCUT2D eigenvalue weighted by Crippen LogP contribution is -2.27. The second-order valence-corrected chi connectivity index (χ2v) is 9.77. The largest absolute Gasteiger partial charge is 0.426 e. The summed E-state index contributed by atoms with van der Waals surface area (Å²) in [6.07, 6.45) is 1.60. The smallest absolute Gasteiger partial charge is 0.419 e. The molecule has 1 aliphatic heterocycles. The van der Waals surface area contributed by atoms with Gasteiger partial charge in [0.25, 0.3) is 0 Å². The number of rotatable bonds is 6. The van der Waals surface area contributed by atoms with Crippen LogP contribution in [0.2, 0.25) is 5.02 Å². The fourth-order valence-corrected chi connectivity index (χ4v) is 5.36. The number of carbonyl (C=O) groups is 1. The zero-order valence-corrected chi connectivity index (χ0v) is 18.4. The summed E-state index contributed by atoms with van der Waals surface area (Å²) in [5.41, 5.74) is 1.30. The Bertz CT molecular complexity index is 1310. The normalized spacial score (nSPS) is 14.9. The molecule has 1 fully saturated rings. The number of fused-ring (bicyclic) bond motifs is 1. The van der Waals surface area contributed by atoms with Gasteiger partial charge in [0.15, 0.2) is 5.58 Å². The van der Waals surface area contributed by atoms with Gasteiger partial charge in [-0.2, -0.15) is 4.31 Å². The lowest BCUT2D eigenvalue weighted by molar-refractivity contribution is -0.134. The molecule has 1 aliphatic rings. The number of oxazole rings is 1. The third kappa shape index (κ3) is 4.39. The van der Waals surface area contributed by atoms with Gasteiger partial charge >= 0.3 is 11.7 Å². The summed E-state index contributed by atoms with van der Waals surface area (Å²) < 4.78 is 38.8. The molecule has 1 aromatic heterocycles. The summed E-state index contributed by atoms with van der Waals surface area (Å²) >= 11 is 5.90. The molecule has 0 unspecified atom stereocenters. The van der Waals surface area contributed by atoms with Crippen LogP contribution >= 0.6 is 11.6 Å². The molecule has 3 aromatic rings. The predicted molar refractivity (Wildman–Crippen MR) is 115 cm³/mol. The van der Waals surface area contributed by atoms with Gasteiger partial charge in [0.2, 0.25) is 10.0 Å². The van der Waals surface area contributed by atoms with Crippen molar-refractivity contribution >= 4 is 38.7 Å². The van der Waals surface area contributed by atoms with E-state index in [1.807, 2.05) is 0 Å². The highest BCUT2D eigenvalue weighted by Gasteiger charge is 2.28. The molecule has 4 rings (SSSR count). The highest BCUT2D eigenvalue weighted by atomic mass is 35.5. The van der Waals surface area contributed by atoms with Gasteiger partial charge in [0.05, 0.1) is 16.8 Å². The maximum Gasteiger partial charge on any atom is 0.419 e. The Balaban J connectivity index is 1.51. The van der Waals surface area contributed by atoms with E-state index in [4.69, 9.17) is 20.8 Å². The molecule has 0 amide bonds. The number of nitrogens with zero attached hydrogens (tertiary/aromatic N) is 2. The Morgan fingerprint density at radius 3 is 2.61 bits per heavy atom. The van der Waals surface area contributed by atoms with E-state index < -0.39 is 21.7 Å². The van der Waals surface area contributed by atoms with E-state index in [1.54, 1.807) is 25.1 Å². The molecule has 0 spiro atoms. The van der Waals surface area contributed by atoms with E-state index >= 15 is 0 Å². The SMILES string of the molecule is Cc1cc(Cl)ccc1OC(=O)CCn1c(=O)oc2cc(S(=O)(=O)N3CCCC3)ccc21. The van der Waals surface area contributed by atoms with Crippen LogP contribution in [0.5, 0.6) is 5.75 Å². The Morgan fingerprint density at radius 2 is 1.90 bits per heavy atom. The molecule has 0 radical (unpaired) electrons. The maximum atomic E-state index is 12.7. The van der Waals surface area contributed by atoms with E-state index in [9.17, 15) is 18.0 Å². The number of ether oxygens (including phenoxy) is 1. The van der Waals surface area contributed by atoms with E-state index in [-0.39, 0.29) is 23.4 Å². The molecule has 0 saturated carbocycles. The first-order valence-corrected chi connectivity index (χ1v) is 11.7. The number of halogens is 1. The fraction of sp³-hybridized carbons (Fsp3) is 0.333. The first kappa shape index (κ1) is 21.6. The summed E-state index contributed by atoms with van der Waals surface area (Å²) in [6.45, 7) is 2.78. The molecule has 0 N–H and O–H groups in total. The van der Waals surface area contributed by atoms with Crippen LogP contribution in [0.25, 0.3) is 11.1 Å². The fourth-order valence-electron chi connectivity index (χ4n) is 3.60. The number of esters is 1. The molecule has 31 heavy (non-hydrogen) atoms. The number of sulfonamides is 1. The van der Waals surface area contributed by atoms with Crippen LogP contribution in [-0.2, 0) is 21.4 Å². The number of carbonyl (C=O) groups excluding carboxylic acids is 1. The Labute approximate surface area is 184 Å². The molecule has 8 nitrogen and oxygen atoms in total. The van der Waals surface area contributed by atoms with Gasteiger partial charge in [-0.25, -0.2) is 13.2 Å². The molecule has 0 atom stereocenters. The van der Waals surface area contributed by atoms with Crippen molar-refractivity contribution in [3.05, 3.63) is 57.5 Å². The van der Waals surface area contributed by atoms with Crippen molar-refractivity contribution in [3.63, 3.8) is 0 Å². The summed E-state index contributed by atoms with van der Waals surface area (Å²) in [6, 6.07) is 9.26. The standard InChI is InChI=1S/C21H21ClN2O6S/c1-14-12-15(22)4-7-18(14)29-20(25)8-11-24-17-6-5-16(13-19(17)30-21(24)26)31(27,28)23-9-2-3-10-23/h4-7,12-13H,2-3,8-11H2,1H3. The van der Waals surface area contributed by atoms with Crippen molar-refractivity contribution in [1.29, 1.82) is 0 Å². The Morgan fingerprint density at radius 1 is 1.16 bits per heavy atom. The second-order valence-electron chi connectivity index (χ2n) is 7.39. The zero-order valence-electron chi connectivity index (χ0n) is 16.8. The molecule has 1 saturated heterocycles. The van der Waals surface area contributed by atoms with Gasteiger partial charge in [0.1, 0.15) is 5.75 Å². The lowest BCUT2D eigenvalue weighted by atomic mass is 10.2. The zero-order chi connectivity index (χ0) is 22.2. The van der Waals surface area contributed by atoms with Gasteiger partial charge in [-0.3, -0.25) is 9.36 Å². The first-order valence-electron chi connectivity index (χ1n) is 9.86. The van der Waals surface area contributed by atoms with Crippen molar-refractivity contribution in [1.82, 2.24) is 8.87 Å². The van der Waals surface area contributed by atoms with Crippen LogP contribution in [0, 0.1) is 6.92 Å². The molecule has 10 heteroatoms. The van der Waals surface area contributed by atoms with Crippen LogP contribution in [0.15, 0.2) is 50.5 Å². The van der Waals surface area contributed by atoms with Crippen LogP contribution in [-0.4, -0.2) is 36.3 Å². The van der Waals surface area contributed by atoms with Crippen LogP contribution in [0.3, 0.4) is 0 Å². The van der Waals surface area contributed by atoms with E-state index in [0.717, 1.165) is 18.4 Å². The average molecular weight is 465 g/mol. The summed E-state index contributed by atoms with van der Waals surface area (Å²) in [5.74, 6) is -0.781. The van der Waals surface area contributed by atoms with Gasteiger partial charge in [-0.15, -0.1) is 0 Å². The second kappa shape index (κ2) is 8.49. The van der Waals surface area contributed by atoms with Crippen molar-refractivity contribution in [3.8, 4) is 5.75 Å². The number of aromatic nitrogens is 1. The quantitative estimate of drug-likeness (QED) is 0.410. The summed E-state index contributed by atoms with van der Waals surface area (Å²) in [5, 5.41) is 0.542. The number of hydrogen-bond donors (Lipinski definition) is 0. The number of benzene rings is 2. The molecule has 0 bridgehead atoms. The van der Waals surface area contributed by atoms with Gasteiger partial charge in [-0.05, 0) is 55.7 Å². The average Bonchev–Trinajstić information content (AvgIpc) is 3.36. The summed E-state index contributed by atoms with van der Waals surface area (Å²) in [7, 11) is -3.62. The molecule has 2 heterocycles. The molecule has 164 valence electrons. The highest BCUT2D eigenvalue weighted by molar-refractivity contribution is 7.89. The van der Waals surface area contributed by atoms with Gasteiger partial charge < -0.3 is 9.15 Å². The third-order valence-electron chi connectivity index (χ3n) is 5.24. The van der Waals surface area contributed by atoms with Crippen LogP contribution in [0.1, 0.15) is 24.8 Å². The minimum atomic E-state index is -3.62. The van der Waals surface area contributed by atoms with Crippen molar-refractivity contribution < 1.29 is 22.4 Å². The van der Waals surface area contributed by atoms with E-state index in [0.29, 0.717) is 29.4 Å². The summed E-state index contributed by atoms with van der Waals surface area (Å²) in [4.78, 5) is 24.6. The van der Waals surface area contributed by atoms with Crippen LogP contribution in [0.4, 0.5) is 0 Å². The minimum absolute atomic E-state index is 0.0372. The Kier molecular flexibility index (Phi) is 5.92. The predicted octanol–water partition coefficient (Wildman–Crippen LogP) is 3.34. The van der Waals surface area contributed by atoms with E-state index in [2.05, 4.69) is 0 Å². The highest BCUT2D eigenvalue weighted by Crippen LogP contribution is 2.25. The number of aryl methyl sites for hydroxylation is 2. The molecule has 2 aromatic carbocycles.